The highest BCUT2D eigenvalue weighted by molar-refractivity contribution is 5.63. The molecule has 0 spiro atoms. The zero-order chi connectivity index (χ0) is 10.8. The lowest BCUT2D eigenvalue weighted by atomic mass is 10.00. The first-order chi connectivity index (χ1) is 7.22. The first-order valence-electron chi connectivity index (χ1n) is 4.47. The zero-order valence-corrected chi connectivity index (χ0v) is 8.44. The maximum atomic E-state index is 8.86. The summed E-state index contributed by atoms with van der Waals surface area (Å²) in [5.74, 6) is 0.521. The van der Waals surface area contributed by atoms with Crippen LogP contribution in [0.2, 0.25) is 0 Å². The SMILES string of the molecule is Cc1cc(C#N)cc(-c2nn[nH]n2)c1C. The fraction of sp³-hybridized carbons (Fsp3) is 0.200. The second-order valence-electron chi connectivity index (χ2n) is 3.31. The average molecular weight is 199 g/mol. The molecular weight excluding hydrogens is 190 g/mol. The van der Waals surface area contributed by atoms with Gasteiger partial charge < -0.3 is 0 Å². The molecule has 5 heteroatoms. The van der Waals surface area contributed by atoms with Crippen LogP contribution in [0, 0.1) is 25.2 Å². The molecule has 2 rings (SSSR count). The molecule has 74 valence electrons. The molecule has 2 aromatic rings. The number of H-pyrrole nitrogens is 1. The van der Waals surface area contributed by atoms with E-state index in [0.717, 1.165) is 16.7 Å². The van der Waals surface area contributed by atoms with Gasteiger partial charge in [0.25, 0.3) is 0 Å². The van der Waals surface area contributed by atoms with Crippen molar-refractivity contribution < 1.29 is 0 Å². The van der Waals surface area contributed by atoms with Crippen LogP contribution in [0.4, 0.5) is 0 Å². The fourth-order valence-electron chi connectivity index (χ4n) is 1.43. The van der Waals surface area contributed by atoms with Gasteiger partial charge in [0.05, 0.1) is 11.6 Å². The van der Waals surface area contributed by atoms with Gasteiger partial charge in [-0.2, -0.15) is 10.5 Å². The first kappa shape index (κ1) is 9.34. The van der Waals surface area contributed by atoms with Crippen LogP contribution in [0.25, 0.3) is 11.4 Å². The topological polar surface area (TPSA) is 78.2 Å². The highest BCUT2D eigenvalue weighted by Gasteiger charge is 2.09. The number of benzene rings is 1. The van der Waals surface area contributed by atoms with E-state index >= 15 is 0 Å². The number of rotatable bonds is 1. The molecule has 0 amide bonds. The molecule has 1 aromatic heterocycles. The Morgan fingerprint density at radius 1 is 1.33 bits per heavy atom. The van der Waals surface area contributed by atoms with Crippen LogP contribution in [0.1, 0.15) is 16.7 Å². The molecule has 0 aliphatic heterocycles. The van der Waals surface area contributed by atoms with E-state index in [0.29, 0.717) is 11.4 Å². The van der Waals surface area contributed by atoms with Crippen LogP contribution < -0.4 is 0 Å². The van der Waals surface area contributed by atoms with E-state index in [1.807, 2.05) is 19.9 Å². The molecule has 1 heterocycles. The summed E-state index contributed by atoms with van der Waals surface area (Å²) in [6, 6.07) is 5.73. The van der Waals surface area contributed by atoms with E-state index in [1.54, 1.807) is 6.07 Å². The van der Waals surface area contributed by atoms with Crippen LogP contribution in [-0.2, 0) is 0 Å². The van der Waals surface area contributed by atoms with E-state index in [9.17, 15) is 0 Å². The second kappa shape index (κ2) is 3.50. The monoisotopic (exact) mass is 199 g/mol. The lowest BCUT2D eigenvalue weighted by molar-refractivity contribution is 0.881. The molecule has 0 aliphatic carbocycles. The fourth-order valence-corrected chi connectivity index (χ4v) is 1.43. The van der Waals surface area contributed by atoms with E-state index in [1.165, 1.54) is 0 Å². The number of tetrazole rings is 1. The van der Waals surface area contributed by atoms with Gasteiger partial charge in [0, 0.05) is 5.56 Å². The van der Waals surface area contributed by atoms with Crippen molar-refractivity contribution in [2.24, 2.45) is 0 Å². The number of nitriles is 1. The molecular formula is C10H9N5. The zero-order valence-electron chi connectivity index (χ0n) is 8.44. The summed E-state index contributed by atoms with van der Waals surface area (Å²) >= 11 is 0. The van der Waals surface area contributed by atoms with Crippen molar-refractivity contribution in [2.45, 2.75) is 13.8 Å². The summed E-state index contributed by atoms with van der Waals surface area (Å²) in [5.41, 5.74) is 3.57. The van der Waals surface area contributed by atoms with Gasteiger partial charge >= 0.3 is 0 Å². The van der Waals surface area contributed by atoms with Crippen molar-refractivity contribution in [3.05, 3.63) is 28.8 Å². The van der Waals surface area contributed by atoms with Gasteiger partial charge in [-0.1, -0.05) is 0 Å². The Kier molecular flexibility index (Phi) is 2.18. The van der Waals surface area contributed by atoms with Crippen LogP contribution in [0.5, 0.6) is 0 Å². The number of aromatic amines is 1. The molecule has 0 atom stereocenters. The normalized spacial score (nSPS) is 9.93. The molecule has 0 saturated heterocycles. The highest BCUT2D eigenvalue weighted by Crippen LogP contribution is 2.23. The van der Waals surface area contributed by atoms with Crippen molar-refractivity contribution in [1.82, 2.24) is 20.6 Å². The summed E-state index contributed by atoms with van der Waals surface area (Å²) < 4.78 is 0. The van der Waals surface area contributed by atoms with Crippen molar-refractivity contribution in [2.75, 3.05) is 0 Å². The molecule has 0 saturated carbocycles. The quantitative estimate of drug-likeness (QED) is 0.752. The summed E-state index contributed by atoms with van der Waals surface area (Å²) in [4.78, 5) is 0. The minimum atomic E-state index is 0.521. The minimum Gasteiger partial charge on any atom is -0.192 e. The maximum Gasteiger partial charge on any atom is 0.204 e. The number of aromatic nitrogens is 4. The standard InChI is InChI=1S/C10H9N5/c1-6-3-8(5-11)4-9(7(6)2)10-12-14-15-13-10/h3-4H,1-2H3,(H,12,13,14,15). The Morgan fingerprint density at radius 3 is 2.73 bits per heavy atom. The predicted octanol–water partition coefficient (Wildman–Crippen LogP) is 1.36. The second-order valence-corrected chi connectivity index (χ2v) is 3.31. The van der Waals surface area contributed by atoms with Crippen molar-refractivity contribution in [1.29, 1.82) is 5.26 Å². The number of nitrogens with zero attached hydrogens (tertiary/aromatic N) is 4. The van der Waals surface area contributed by atoms with Crippen LogP contribution >= 0.6 is 0 Å². The molecule has 5 nitrogen and oxygen atoms in total. The van der Waals surface area contributed by atoms with Crippen LogP contribution in [0.3, 0.4) is 0 Å². The van der Waals surface area contributed by atoms with E-state index < -0.39 is 0 Å². The van der Waals surface area contributed by atoms with Gasteiger partial charge in [0.15, 0.2) is 0 Å². The molecule has 1 N–H and O–H groups in total. The van der Waals surface area contributed by atoms with Gasteiger partial charge in [0.2, 0.25) is 5.82 Å². The molecule has 1 aromatic carbocycles. The Morgan fingerprint density at radius 2 is 2.13 bits per heavy atom. The smallest absolute Gasteiger partial charge is 0.192 e. The van der Waals surface area contributed by atoms with Gasteiger partial charge in [0.1, 0.15) is 0 Å². The third-order valence-corrected chi connectivity index (χ3v) is 2.38. The largest absolute Gasteiger partial charge is 0.204 e. The summed E-state index contributed by atoms with van der Waals surface area (Å²) in [5, 5.41) is 22.6. The predicted molar refractivity (Wildman–Crippen MR) is 53.8 cm³/mol. The summed E-state index contributed by atoms with van der Waals surface area (Å²) in [6.07, 6.45) is 0. The van der Waals surface area contributed by atoms with Gasteiger partial charge in [-0.3, -0.25) is 0 Å². The van der Waals surface area contributed by atoms with Gasteiger partial charge in [-0.25, -0.2) is 0 Å². The molecule has 0 fully saturated rings. The molecule has 15 heavy (non-hydrogen) atoms. The van der Waals surface area contributed by atoms with E-state index in [4.69, 9.17) is 5.26 Å². The van der Waals surface area contributed by atoms with E-state index in [-0.39, 0.29) is 0 Å². The molecule has 0 unspecified atom stereocenters. The third-order valence-electron chi connectivity index (χ3n) is 2.38. The summed E-state index contributed by atoms with van der Waals surface area (Å²) in [6.45, 7) is 3.93. The van der Waals surface area contributed by atoms with Gasteiger partial charge in [-0.15, -0.1) is 10.2 Å². The van der Waals surface area contributed by atoms with Crippen molar-refractivity contribution in [3.8, 4) is 17.5 Å². The molecule has 0 radical (unpaired) electrons. The van der Waals surface area contributed by atoms with Crippen molar-refractivity contribution in [3.63, 3.8) is 0 Å². The number of hydrogen-bond donors (Lipinski definition) is 1. The Labute approximate surface area is 86.7 Å². The third kappa shape index (κ3) is 1.57. The van der Waals surface area contributed by atoms with Gasteiger partial charge in [-0.05, 0) is 42.3 Å². The maximum absolute atomic E-state index is 8.86. The highest BCUT2D eigenvalue weighted by atomic mass is 15.5. The average Bonchev–Trinajstić information content (AvgIpc) is 2.75. The summed E-state index contributed by atoms with van der Waals surface area (Å²) in [7, 11) is 0. The lowest BCUT2D eigenvalue weighted by Gasteiger charge is -2.05. The number of nitrogens with one attached hydrogen (secondary N) is 1. The van der Waals surface area contributed by atoms with Crippen LogP contribution in [-0.4, -0.2) is 20.6 Å². The Bertz CT molecular complexity index is 521. The number of hydrogen-bond acceptors (Lipinski definition) is 4. The molecule has 0 aliphatic rings. The minimum absolute atomic E-state index is 0.521. The van der Waals surface area contributed by atoms with E-state index in [2.05, 4.69) is 26.7 Å². The molecule has 0 bridgehead atoms. The van der Waals surface area contributed by atoms with Crippen LogP contribution in [0.15, 0.2) is 12.1 Å². The Hall–Kier alpha value is -2.22. The number of aryl methyl sites for hydroxylation is 1. The first-order valence-corrected chi connectivity index (χ1v) is 4.47. The van der Waals surface area contributed by atoms with Crippen molar-refractivity contribution >= 4 is 0 Å². The lowest BCUT2D eigenvalue weighted by Crippen LogP contribution is -1.91. The Balaban J connectivity index is 2.66.